The monoisotopic (exact) mass is 269 g/mol. The topological polar surface area (TPSA) is 60.9 Å². The Kier molecular flexibility index (Phi) is 3.33. The number of aromatic nitrogens is 3. The molecule has 3 rings (SSSR count). The van der Waals surface area contributed by atoms with Crippen LogP contribution in [0.2, 0.25) is 0 Å². The van der Waals surface area contributed by atoms with E-state index in [0.717, 1.165) is 23.9 Å². The van der Waals surface area contributed by atoms with Gasteiger partial charge in [-0.15, -0.1) is 0 Å². The number of furan rings is 1. The second kappa shape index (κ2) is 5.28. The number of carbonyl (C=O) groups is 1. The molecule has 0 bridgehead atoms. The normalized spacial score (nSPS) is 11.1. The maximum atomic E-state index is 12.4. The molecule has 2 aromatic heterocycles. The van der Waals surface area contributed by atoms with Crippen LogP contribution < -0.4 is 0 Å². The van der Waals surface area contributed by atoms with Crippen molar-refractivity contribution in [2.24, 2.45) is 0 Å². The van der Waals surface area contributed by atoms with Gasteiger partial charge < -0.3 is 4.42 Å². The third kappa shape index (κ3) is 2.22. The van der Waals surface area contributed by atoms with Crippen molar-refractivity contribution in [2.75, 3.05) is 0 Å². The second-order valence-electron chi connectivity index (χ2n) is 4.64. The molecule has 2 heterocycles. The minimum atomic E-state index is 0.000281. The van der Waals surface area contributed by atoms with Crippen LogP contribution in [-0.2, 0) is 13.0 Å². The molecule has 0 spiro atoms. The predicted octanol–water partition coefficient (Wildman–Crippen LogP) is 2.86. The van der Waals surface area contributed by atoms with E-state index < -0.39 is 0 Å². The van der Waals surface area contributed by atoms with Crippen LogP contribution in [0.4, 0.5) is 0 Å². The van der Waals surface area contributed by atoms with Gasteiger partial charge in [-0.3, -0.25) is 4.79 Å². The van der Waals surface area contributed by atoms with E-state index in [1.807, 2.05) is 24.3 Å². The standard InChI is InChI=1S/C15H15N3O2/c1-2-7-18-15(16-10-17-18)8-13(19)12-9-20-14-6-4-3-5-11(12)14/h3-6,9-10H,2,7-8H2,1H3. The van der Waals surface area contributed by atoms with E-state index in [4.69, 9.17) is 4.42 Å². The van der Waals surface area contributed by atoms with Crippen molar-refractivity contribution in [2.45, 2.75) is 26.3 Å². The first-order chi connectivity index (χ1) is 9.79. The van der Waals surface area contributed by atoms with Crippen molar-refractivity contribution in [1.29, 1.82) is 0 Å². The molecule has 0 atom stereocenters. The summed E-state index contributed by atoms with van der Waals surface area (Å²) in [6.45, 7) is 2.84. The molecule has 102 valence electrons. The van der Waals surface area contributed by atoms with Crippen molar-refractivity contribution in [3.63, 3.8) is 0 Å². The van der Waals surface area contributed by atoms with Gasteiger partial charge in [0.1, 0.15) is 24.0 Å². The summed E-state index contributed by atoms with van der Waals surface area (Å²) in [5.74, 6) is 0.697. The first kappa shape index (κ1) is 12.6. The van der Waals surface area contributed by atoms with Crippen LogP contribution in [0, 0.1) is 0 Å². The Morgan fingerprint density at radius 3 is 3.05 bits per heavy atom. The number of hydrogen-bond donors (Lipinski definition) is 0. The molecule has 0 N–H and O–H groups in total. The molecule has 0 unspecified atom stereocenters. The zero-order valence-corrected chi connectivity index (χ0v) is 11.2. The summed E-state index contributed by atoms with van der Waals surface area (Å²) in [5, 5.41) is 4.98. The van der Waals surface area contributed by atoms with Crippen molar-refractivity contribution in [1.82, 2.24) is 14.8 Å². The third-order valence-corrected chi connectivity index (χ3v) is 3.23. The molecule has 0 aliphatic heterocycles. The van der Waals surface area contributed by atoms with Crippen LogP contribution in [0.5, 0.6) is 0 Å². The SMILES string of the molecule is CCCn1ncnc1CC(=O)c1coc2ccccc12. The summed E-state index contributed by atoms with van der Waals surface area (Å²) >= 11 is 0. The minimum absolute atomic E-state index is 0.000281. The first-order valence-corrected chi connectivity index (χ1v) is 6.65. The Balaban J connectivity index is 1.87. The van der Waals surface area contributed by atoms with Crippen LogP contribution in [0.1, 0.15) is 29.5 Å². The molecular formula is C15H15N3O2. The van der Waals surface area contributed by atoms with Crippen LogP contribution >= 0.6 is 0 Å². The molecule has 0 saturated carbocycles. The Bertz CT molecular complexity index is 742. The molecule has 0 amide bonds. The molecular weight excluding hydrogens is 254 g/mol. The van der Waals surface area contributed by atoms with Gasteiger partial charge in [0.05, 0.1) is 12.0 Å². The summed E-state index contributed by atoms with van der Waals surface area (Å²) in [7, 11) is 0. The summed E-state index contributed by atoms with van der Waals surface area (Å²) in [5.41, 5.74) is 1.33. The molecule has 0 aliphatic carbocycles. The third-order valence-electron chi connectivity index (χ3n) is 3.23. The average molecular weight is 269 g/mol. The Morgan fingerprint density at radius 2 is 2.20 bits per heavy atom. The second-order valence-corrected chi connectivity index (χ2v) is 4.64. The lowest BCUT2D eigenvalue weighted by molar-refractivity contribution is 0.0990. The number of Topliss-reactive ketones (excluding diaryl/α,β-unsaturated/α-hetero) is 1. The van der Waals surface area contributed by atoms with Crippen LogP contribution in [0.3, 0.4) is 0 Å². The number of nitrogens with zero attached hydrogens (tertiary/aromatic N) is 3. The van der Waals surface area contributed by atoms with Gasteiger partial charge in [0.25, 0.3) is 0 Å². The van der Waals surface area contributed by atoms with Gasteiger partial charge >= 0.3 is 0 Å². The Hall–Kier alpha value is -2.43. The molecule has 5 heteroatoms. The van der Waals surface area contributed by atoms with E-state index in [0.29, 0.717) is 11.4 Å². The van der Waals surface area contributed by atoms with Crippen molar-refractivity contribution < 1.29 is 9.21 Å². The molecule has 3 aromatic rings. The summed E-state index contributed by atoms with van der Waals surface area (Å²) in [4.78, 5) is 16.6. The fourth-order valence-electron chi connectivity index (χ4n) is 2.26. The Morgan fingerprint density at radius 1 is 1.35 bits per heavy atom. The maximum absolute atomic E-state index is 12.4. The lowest BCUT2D eigenvalue weighted by Crippen LogP contribution is -2.11. The maximum Gasteiger partial charge on any atom is 0.174 e. The molecule has 20 heavy (non-hydrogen) atoms. The number of rotatable bonds is 5. The van der Waals surface area contributed by atoms with E-state index in [2.05, 4.69) is 17.0 Å². The lowest BCUT2D eigenvalue weighted by atomic mass is 10.1. The van der Waals surface area contributed by atoms with Gasteiger partial charge in [-0.25, -0.2) is 9.67 Å². The summed E-state index contributed by atoms with van der Waals surface area (Å²) in [6.07, 6.45) is 4.21. The molecule has 5 nitrogen and oxygen atoms in total. The first-order valence-electron chi connectivity index (χ1n) is 6.65. The zero-order valence-electron chi connectivity index (χ0n) is 11.2. The average Bonchev–Trinajstić information content (AvgIpc) is 3.06. The highest BCUT2D eigenvalue weighted by Crippen LogP contribution is 2.21. The number of hydrogen-bond acceptors (Lipinski definition) is 4. The molecule has 0 fully saturated rings. The van der Waals surface area contributed by atoms with Gasteiger partial charge in [0.2, 0.25) is 0 Å². The van der Waals surface area contributed by atoms with E-state index in [-0.39, 0.29) is 12.2 Å². The van der Waals surface area contributed by atoms with Crippen LogP contribution in [0.15, 0.2) is 41.3 Å². The summed E-state index contributed by atoms with van der Waals surface area (Å²) < 4.78 is 7.18. The number of para-hydroxylation sites is 1. The highest BCUT2D eigenvalue weighted by molar-refractivity contribution is 6.07. The lowest BCUT2D eigenvalue weighted by Gasteiger charge is -2.03. The highest BCUT2D eigenvalue weighted by Gasteiger charge is 2.16. The van der Waals surface area contributed by atoms with Gasteiger partial charge in [-0.05, 0) is 12.5 Å². The molecule has 1 aromatic carbocycles. The van der Waals surface area contributed by atoms with Crippen molar-refractivity contribution >= 4 is 16.8 Å². The molecule has 0 saturated heterocycles. The van der Waals surface area contributed by atoms with E-state index in [9.17, 15) is 4.79 Å². The number of benzene rings is 1. The highest BCUT2D eigenvalue weighted by atomic mass is 16.3. The quantitative estimate of drug-likeness (QED) is 0.668. The van der Waals surface area contributed by atoms with Crippen LogP contribution in [-0.4, -0.2) is 20.5 Å². The van der Waals surface area contributed by atoms with E-state index in [1.165, 1.54) is 12.6 Å². The fourth-order valence-corrected chi connectivity index (χ4v) is 2.26. The van der Waals surface area contributed by atoms with Gasteiger partial charge in [-0.1, -0.05) is 25.1 Å². The van der Waals surface area contributed by atoms with Gasteiger partial charge in [0.15, 0.2) is 5.78 Å². The Labute approximate surface area is 116 Å². The predicted molar refractivity (Wildman–Crippen MR) is 74.6 cm³/mol. The minimum Gasteiger partial charge on any atom is -0.464 e. The number of aryl methyl sites for hydroxylation is 1. The summed E-state index contributed by atoms with van der Waals surface area (Å²) in [6, 6.07) is 7.53. The number of fused-ring (bicyclic) bond motifs is 1. The smallest absolute Gasteiger partial charge is 0.174 e. The molecule has 0 radical (unpaired) electrons. The van der Waals surface area contributed by atoms with E-state index >= 15 is 0 Å². The van der Waals surface area contributed by atoms with Crippen molar-refractivity contribution in [3.8, 4) is 0 Å². The van der Waals surface area contributed by atoms with Crippen molar-refractivity contribution in [3.05, 3.63) is 48.2 Å². The van der Waals surface area contributed by atoms with Gasteiger partial charge in [0, 0.05) is 11.9 Å². The van der Waals surface area contributed by atoms with E-state index in [1.54, 1.807) is 4.68 Å². The zero-order chi connectivity index (χ0) is 13.9. The largest absolute Gasteiger partial charge is 0.464 e. The van der Waals surface area contributed by atoms with Crippen LogP contribution in [0.25, 0.3) is 11.0 Å². The molecule has 0 aliphatic rings. The number of carbonyl (C=O) groups excluding carboxylic acids is 1. The fraction of sp³-hybridized carbons (Fsp3) is 0.267. The van der Waals surface area contributed by atoms with Gasteiger partial charge in [-0.2, -0.15) is 5.10 Å². The number of ketones is 1.